The van der Waals surface area contributed by atoms with Crippen molar-refractivity contribution in [1.29, 1.82) is 0 Å². The Bertz CT molecular complexity index is 527. The van der Waals surface area contributed by atoms with E-state index >= 15 is 0 Å². The standard InChI is InChI=1S/C14H19N3O4/c1-21-13-8-11(2-3-12(13)17(19)20)14(18)16-7-5-10-4-6-15-9-10/h2-3,8,10,15H,4-7,9H2,1H3,(H,16,18). The number of amides is 1. The van der Waals surface area contributed by atoms with E-state index in [0.717, 1.165) is 25.9 Å². The second kappa shape index (κ2) is 7.03. The van der Waals surface area contributed by atoms with Crippen LogP contribution in [0.5, 0.6) is 5.75 Å². The second-order valence-corrected chi connectivity index (χ2v) is 5.05. The first-order valence-electron chi connectivity index (χ1n) is 6.93. The van der Waals surface area contributed by atoms with Crippen LogP contribution in [-0.2, 0) is 0 Å². The van der Waals surface area contributed by atoms with E-state index in [-0.39, 0.29) is 17.3 Å². The molecule has 114 valence electrons. The molecule has 1 aromatic rings. The van der Waals surface area contributed by atoms with E-state index in [0.29, 0.717) is 18.0 Å². The van der Waals surface area contributed by atoms with Crippen LogP contribution in [0.2, 0.25) is 0 Å². The van der Waals surface area contributed by atoms with Crippen molar-refractivity contribution in [3.8, 4) is 5.75 Å². The minimum absolute atomic E-state index is 0.0904. The molecule has 1 fully saturated rings. The Morgan fingerprint density at radius 1 is 1.57 bits per heavy atom. The zero-order valence-electron chi connectivity index (χ0n) is 11.9. The molecule has 7 nitrogen and oxygen atoms in total. The van der Waals surface area contributed by atoms with E-state index in [1.54, 1.807) is 0 Å². The molecular weight excluding hydrogens is 274 g/mol. The van der Waals surface area contributed by atoms with Crippen molar-refractivity contribution < 1.29 is 14.5 Å². The maximum atomic E-state index is 12.0. The molecular formula is C14H19N3O4. The summed E-state index contributed by atoms with van der Waals surface area (Å²) >= 11 is 0. The Labute approximate surface area is 122 Å². The third-order valence-electron chi connectivity index (χ3n) is 3.64. The molecule has 0 aliphatic carbocycles. The highest BCUT2D eigenvalue weighted by Crippen LogP contribution is 2.27. The fourth-order valence-corrected chi connectivity index (χ4v) is 2.42. The van der Waals surface area contributed by atoms with Gasteiger partial charge in [-0.15, -0.1) is 0 Å². The molecule has 0 spiro atoms. The predicted molar refractivity (Wildman–Crippen MR) is 77.6 cm³/mol. The monoisotopic (exact) mass is 293 g/mol. The molecule has 1 saturated heterocycles. The van der Waals surface area contributed by atoms with Crippen molar-refractivity contribution >= 4 is 11.6 Å². The first kappa shape index (κ1) is 15.2. The summed E-state index contributed by atoms with van der Waals surface area (Å²) in [6, 6.07) is 4.12. The number of methoxy groups -OCH3 is 1. The van der Waals surface area contributed by atoms with Crippen LogP contribution in [0.15, 0.2) is 18.2 Å². The van der Waals surface area contributed by atoms with Crippen molar-refractivity contribution in [3.05, 3.63) is 33.9 Å². The Hall–Kier alpha value is -2.15. The highest BCUT2D eigenvalue weighted by atomic mass is 16.6. The fourth-order valence-electron chi connectivity index (χ4n) is 2.42. The Morgan fingerprint density at radius 2 is 2.38 bits per heavy atom. The SMILES string of the molecule is COc1cc(C(=O)NCCC2CCNC2)ccc1[N+](=O)[O-]. The van der Waals surface area contributed by atoms with Gasteiger partial charge in [-0.1, -0.05) is 0 Å². The second-order valence-electron chi connectivity index (χ2n) is 5.05. The van der Waals surface area contributed by atoms with Gasteiger partial charge in [0.25, 0.3) is 5.91 Å². The summed E-state index contributed by atoms with van der Waals surface area (Å²) in [6.45, 7) is 2.64. The number of nitro groups is 1. The number of nitro benzene ring substituents is 1. The molecule has 2 N–H and O–H groups in total. The average Bonchev–Trinajstić information content (AvgIpc) is 2.99. The Balaban J connectivity index is 1.93. The Morgan fingerprint density at radius 3 is 3.00 bits per heavy atom. The van der Waals surface area contributed by atoms with Gasteiger partial charge in [0.15, 0.2) is 5.75 Å². The molecule has 2 rings (SSSR count). The molecule has 1 amide bonds. The number of carbonyl (C=O) groups excluding carboxylic acids is 1. The van der Waals surface area contributed by atoms with Crippen molar-refractivity contribution in [3.63, 3.8) is 0 Å². The summed E-state index contributed by atoms with van der Waals surface area (Å²) in [7, 11) is 1.34. The summed E-state index contributed by atoms with van der Waals surface area (Å²) in [5.74, 6) is 0.457. The van der Waals surface area contributed by atoms with E-state index < -0.39 is 4.92 Å². The Kier molecular flexibility index (Phi) is 5.10. The van der Waals surface area contributed by atoms with Crippen LogP contribution >= 0.6 is 0 Å². The summed E-state index contributed by atoms with van der Waals surface area (Å²) in [6.07, 6.45) is 2.07. The van der Waals surface area contributed by atoms with Gasteiger partial charge in [0.2, 0.25) is 0 Å². The van der Waals surface area contributed by atoms with Gasteiger partial charge in [-0.05, 0) is 37.9 Å². The predicted octanol–water partition coefficient (Wildman–Crippen LogP) is 1.33. The topological polar surface area (TPSA) is 93.5 Å². The highest BCUT2D eigenvalue weighted by Gasteiger charge is 2.18. The summed E-state index contributed by atoms with van der Waals surface area (Å²) in [5.41, 5.74) is 0.216. The lowest BCUT2D eigenvalue weighted by molar-refractivity contribution is -0.385. The fraction of sp³-hybridized carbons (Fsp3) is 0.500. The number of benzene rings is 1. The number of ether oxygens (including phenoxy) is 1. The third-order valence-corrected chi connectivity index (χ3v) is 3.64. The minimum atomic E-state index is -0.534. The quantitative estimate of drug-likeness (QED) is 0.609. The van der Waals surface area contributed by atoms with E-state index in [2.05, 4.69) is 10.6 Å². The van der Waals surface area contributed by atoms with Crippen molar-refractivity contribution in [2.24, 2.45) is 5.92 Å². The van der Waals surface area contributed by atoms with Gasteiger partial charge in [-0.25, -0.2) is 0 Å². The van der Waals surface area contributed by atoms with Gasteiger partial charge in [0.1, 0.15) is 0 Å². The van der Waals surface area contributed by atoms with Crippen molar-refractivity contribution in [2.75, 3.05) is 26.7 Å². The molecule has 0 radical (unpaired) electrons. The number of hydrogen-bond donors (Lipinski definition) is 2. The molecule has 1 aliphatic heterocycles. The van der Waals surface area contributed by atoms with Gasteiger partial charge in [-0.3, -0.25) is 14.9 Å². The van der Waals surface area contributed by atoms with Crippen LogP contribution in [0.25, 0.3) is 0 Å². The van der Waals surface area contributed by atoms with Crippen LogP contribution < -0.4 is 15.4 Å². The third kappa shape index (κ3) is 3.91. The van der Waals surface area contributed by atoms with E-state index in [4.69, 9.17) is 4.74 Å². The maximum absolute atomic E-state index is 12.0. The largest absolute Gasteiger partial charge is 0.490 e. The number of carbonyl (C=O) groups is 1. The maximum Gasteiger partial charge on any atom is 0.310 e. The summed E-state index contributed by atoms with van der Waals surface area (Å²) < 4.78 is 4.95. The summed E-state index contributed by atoms with van der Waals surface area (Å²) in [5, 5.41) is 16.9. The number of rotatable bonds is 6. The van der Waals surface area contributed by atoms with Crippen LogP contribution in [-0.4, -0.2) is 37.6 Å². The van der Waals surface area contributed by atoms with Gasteiger partial charge >= 0.3 is 5.69 Å². The first-order valence-corrected chi connectivity index (χ1v) is 6.93. The molecule has 21 heavy (non-hydrogen) atoms. The van der Waals surface area contributed by atoms with Crippen LogP contribution in [0, 0.1) is 16.0 Å². The molecule has 7 heteroatoms. The normalized spacial score (nSPS) is 17.5. The van der Waals surface area contributed by atoms with Crippen LogP contribution in [0.4, 0.5) is 5.69 Å². The van der Waals surface area contributed by atoms with Gasteiger partial charge in [-0.2, -0.15) is 0 Å². The molecule has 1 aliphatic rings. The zero-order chi connectivity index (χ0) is 15.2. The van der Waals surface area contributed by atoms with Crippen LogP contribution in [0.3, 0.4) is 0 Å². The highest BCUT2D eigenvalue weighted by molar-refractivity contribution is 5.95. The number of hydrogen-bond acceptors (Lipinski definition) is 5. The molecule has 1 aromatic carbocycles. The molecule has 1 unspecified atom stereocenters. The minimum Gasteiger partial charge on any atom is -0.490 e. The lowest BCUT2D eigenvalue weighted by atomic mass is 10.1. The van der Waals surface area contributed by atoms with E-state index in [1.807, 2.05) is 0 Å². The number of nitrogens with zero attached hydrogens (tertiary/aromatic N) is 1. The van der Waals surface area contributed by atoms with E-state index in [9.17, 15) is 14.9 Å². The first-order chi connectivity index (χ1) is 10.1. The van der Waals surface area contributed by atoms with Crippen molar-refractivity contribution in [2.45, 2.75) is 12.8 Å². The molecule has 0 saturated carbocycles. The lowest BCUT2D eigenvalue weighted by Gasteiger charge is -2.10. The molecule has 0 bridgehead atoms. The van der Waals surface area contributed by atoms with Crippen LogP contribution in [0.1, 0.15) is 23.2 Å². The molecule has 0 aromatic heterocycles. The molecule has 1 atom stereocenters. The van der Waals surface area contributed by atoms with Crippen molar-refractivity contribution in [1.82, 2.24) is 10.6 Å². The van der Waals surface area contributed by atoms with Gasteiger partial charge < -0.3 is 15.4 Å². The average molecular weight is 293 g/mol. The van der Waals surface area contributed by atoms with Gasteiger partial charge in [0, 0.05) is 24.2 Å². The zero-order valence-corrected chi connectivity index (χ0v) is 11.9. The van der Waals surface area contributed by atoms with E-state index in [1.165, 1.54) is 25.3 Å². The van der Waals surface area contributed by atoms with Gasteiger partial charge in [0.05, 0.1) is 12.0 Å². The smallest absolute Gasteiger partial charge is 0.310 e. The number of nitrogens with one attached hydrogen (secondary N) is 2. The molecule has 1 heterocycles. The summed E-state index contributed by atoms with van der Waals surface area (Å²) in [4.78, 5) is 22.3. The lowest BCUT2D eigenvalue weighted by Crippen LogP contribution is -2.26.